The fourth-order valence-electron chi connectivity index (χ4n) is 2.59. The van der Waals surface area contributed by atoms with Crippen molar-refractivity contribution in [2.75, 3.05) is 19.7 Å². The average Bonchev–Trinajstić information content (AvgIpc) is 2.39. The van der Waals surface area contributed by atoms with Crippen LogP contribution in [0.15, 0.2) is 0 Å². The van der Waals surface area contributed by atoms with Crippen LogP contribution >= 0.6 is 12.4 Å². The summed E-state index contributed by atoms with van der Waals surface area (Å²) in [5.41, 5.74) is 0. The molecule has 106 valence electrons. The first-order valence-electron chi connectivity index (χ1n) is 6.96. The molecule has 0 radical (unpaired) electrons. The Hall–Kier alpha value is -0.320. The smallest absolute Gasteiger partial charge is 0.220 e. The Morgan fingerprint density at radius 2 is 2.00 bits per heavy atom. The number of ether oxygens (including phenoxy) is 1. The second kappa shape index (κ2) is 8.73. The highest BCUT2D eigenvalue weighted by molar-refractivity contribution is 5.85. The maximum Gasteiger partial charge on any atom is 0.220 e. The molecule has 18 heavy (non-hydrogen) atoms. The number of piperidine rings is 1. The van der Waals surface area contributed by atoms with Crippen molar-refractivity contribution in [2.45, 2.75) is 57.1 Å². The summed E-state index contributed by atoms with van der Waals surface area (Å²) in [6.07, 6.45) is 7.50. The fraction of sp³-hybridized carbons (Fsp3) is 0.923. The van der Waals surface area contributed by atoms with Crippen LogP contribution in [0.4, 0.5) is 0 Å². The van der Waals surface area contributed by atoms with Crippen LogP contribution in [0.2, 0.25) is 0 Å². The van der Waals surface area contributed by atoms with E-state index < -0.39 is 0 Å². The van der Waals surface area contributed by atoms with Crippen LogP contribution in [0.1, 0.15) is 44.9 Å². The van der Waals surface area contributed by atoms with Crippen LogP contribution in [0, 0.1) is 0 Å². The van der Waals surface area contributed by atoms with Gasteiger partial charge in [0.15, 0.2) is 0 Å². The van der Waals surface area contributed by atoms with E-state index in [0.29, 0.717) is 18.6 Å². The number of carbonyl (C=O) groups excluding carboxylic acids is 1. The van der Waals surface area contributed by atoms with Crippen LogP contribution in [0.3, 0.4) is 0 Å². The number of halogens is 1. The third-order valence-corrected chi connectivity index (χ3v) is 3.67. The van der Waals surface area contributed by atoms with Crippen molar-refractivity contribution < 1.29 is 9.53 Å². The van der Waals surface area contributed by atoms with Gasteiger partial charge in [-0.1, -0.05) is 0 Å². The molecule has 2 rings (SSSR count). The van der Waals surface area contributed by atoms with Crippen LogP contribution < -0.4 is 10.6 Å². The minimum absolute atomic E-state index is 0. The Labute approximate surface area is 116 Å². The minimum atomic E-state index is 0. The van der Waals surface area contributed by atoms with Crippen molar-refractivity contribution in [1.29, 1.82) is 0 Å². The monoisotopic (exact) mass is 276 g/mol. The lowest BCUT2D eigenvalue weighted by Gasteiger charge is -2.25. The summed E-state index contributed by atoms with van der Waals surface area (Å²) in [5.74, 6) is 0.200. The number of hydrogen-bond donors (Lipinski definition) is 2. The molecule has 2 saturated heterocycles. The lowest BCUT2D eigenvalue weighted by atomic mass is 10.0. The molecule has 5 heteroatoms. The molecule has 1 unspecified atom stereocenters. The molecule has 0 saturated carbocycles. The Morgan fingerprint density at radius 3 is 2.67 bits per heavy atom. The SMILES string of the molecule is Cl.O=C(CCC1CCCCO1)NC1CCNCC1. The predicted molar refractivity (Wildman–Crippen MR) is 74.1 cm³/mol. The standard InChI is InChI=1S/C13H24N2O2.ClH/c16-13(15-11-6-8-14-9-7-11)5-4-12-3-1-2-10-17-12;/h11-12,14H,1-10H2,(H,15,16);1H. The molecule has 0 aliphatic carbocycles. The number of amides is 1. The summed E-state index contributed by atoms with van der Waals surface area (Å²) in [6.45, 7) is 2.92. The van der Waals surface area contributed by atoms with Crippen LogP contribution in [0.25, 0.3) is 0 Å². The zero-order valence-electron chi connectivity index (χ0n) is 11.0. The molecule has 0 spiro atoms. The largest absolute Gasteiger partial charge is 0.378 e. The molecule has 0 aromatic heterocycles. The lowest BCUT2D eigenvalue weighted by molar-refractivity contribution is -0.123. The molecule has 0 aromatic rings. The summed E-state index contributed by atoms with van der Waals surface area (Å²) in [5, 5.41) is 6.42. The van der Waals surface area contributed by atoms with Crippen molar-refractivity contribution in [3.05, 3.63) is 0 Å². The van der Waals surface area contributed by atoms with Crippen LogP contribution in [-0.4, -0.2) is 37.7 Å². The zero-order valence-corrected chi connectivity index (χ0v) is 11.8. The summed E-state index contributed by atoms with van der Waals surface area (Å²) in [6, 6.07) is 0.385. The van der Waals surface area contributed by atoms with Crippen molar-refractivity contribution in [2.24, 2.45) is 0 Å². The van der Waals surface area contributed by atoms with Gasteiger partial charge < -0.3 is 15.4 Å². The van der Waals surface area contributed by atoms with E-state index in [1.807, 2.05) is 0 Å². The van der Waals surface area contributed by atoms with Crippen molar-refractivity contribution in [1.82, 2.24) is 10.6 Å². The van der Waals surface area contributed by atoms with E-state index in [1.54, 1.807) is 0 Å². The Morgan fingerprint density at radius 1 is 1.22 bits per heavy atom. The van der Waals surface area contributed by atoms with Gasteiger partial charge in [0.1, 0.15) is 0 Å². The minimum Gasteiger partial charge on any atom is -0.378 e. The summed E-state index contributed by atoms with van der Waals surface area (Å²) >= 11 is 0. The molecule has 2 aliphatic heterocycles. The maximum atomic E-state index is 11.8. The molecule has 2 aliphatic rings. The molecular formula is C13H25ClN2O2. The Bertz CT molecular complexity index is 239. The first kappa shape index (κ1) is 15.7. The van der Waals surface area contributed by atoms with E-state index in [4.69, 9.17) is 4.74 Å². The van der Waals surface area contributed by atoms with Crippen molar-refractivity contribution in [3.63, 3.8) is 0 Å². The molecule has 1 amide bonds. The maximum absolute atomic E-state index is 11.8. The molecule has 2 heterocycles. The van der Waals surface area contributed by atoms with Gasteiger partial charge >= 0.3 is 0 Å². The zero-order chi connectivity index (χ0) is 11.9. The quantitative estimate of drug-likeness (QED) is 0.821. The third kappa shape index (κ3) is 5.55. The first-order chi connectivity index (χ1) is 8.34. The van der Waals surface area contributed by atoms with Gasteiger partial charge in [-0.25, -0.2) is 0 Å². The number of rotatable bonds is 4. The lowest BCUT2D eigenvalue weighted by Crippen LogP contribution is -2.42. The van der Waals surface area contributed by atoms with E-state index in [0.717, 1.165) is 45.4 Å². The van der Waals surface area contributed by atoms with E-state index in [-0.39, 0.29) is 18.3 Å². The molecule has 2 N–H and O–H groups in total. The summed E-state index contributed by atoms with van der Waals surface area (Å²) < 4.78 is 5.63. The predicted octanol–water partition coefficient (Wildman–Crippen LogP) is 1.63. The van der Waals surface area contributed by atoms with Crippen LogP contribution in [0.5, 0.6) is 0 Å². The van der Waals surface area contributed by atoms with E-state index in [1.165, 1.54) is 12.8 Å². The molecule has 1 atom stereocenters. The Kier molecular flexibility index (Phi) is 7.63. The average molecular weight is 277 g/mol. The third-order valence-electron chi connectivity index (χ3n) is 3.67. The van der Waals surface area contributed by atoms with E-state index in [2.05, 4.69) is 10.6 Å². The van der Waals surface area contributed by atoms with E-state index in [9.17, 15) is 4.79 Å². The van der Waals surface area contributed by atoms with Gasteiger partial charge in [-0.15, -0.1) is 12.4 Å². The highest BCUT2D eigenvalue weighted by Gasteiger charge is 2.18. The van der Waals surface area contributed by atoms with Crippen LogP contribution in [-0.2, 0) is 9.53 Å². The van der Waals surface area contributed by atoms with Gasteiger partial charge in [-0.05, 0) is 51.6 Å². The number of hydrogen-bond acceptors (Lipinski definition) is 3. The van der Waals surface area contributed by atoms with E-state index >= 15 is 0 Å². The molecular weight excluding hydrogens is 252 g/mol. The first-order valence-corrected chi connectivity index (χ1v) is 6.96. The van der Waals surface area contributed by atoms with Crippen molar-refractivity contribution in [3.8, 4) is 0 Å². The van der Waals surface area contributed by atoms with Gasteiger partial charge in [0.2, 0.25) is 5.91 Å². The summed E-state index contributed by atoms with van der Waals surface area (Å²) in [4.78, 5) is 11.8. The van der Waals surface area contributed by atoms with Gasteiger partial charge in [-0.3, -0.25) is 4.79 Å². The van der Waals surface area contributed by atoms with Gasteiger partial charge in [0.25, 0.3) is 0 Å². The van der Waals surface area contributed by atoms with Gasteiger partial charge in [0.05, 0.1) is 6.10 Å². The topological polar surface area (TPSA) is 50.4 Å². The Balaban J connectivity index is 0.00000162. The highest BCUT2D eigenvalue weighted by Crippen LogP contribution is 2.17. The fourth-order valence-corrected chi connectivity index (χ4v) is 2.59. The number of nitrogens with one attached hydrogen (secondary N) is 2. The normalized spacial score (nSPS) is 25.2. The molecule has 0 aromatic carbocycles. The second-order valence-corrected chi connectivity index (χ2v) is 5.12. The van der Waals surface area contributed by atoms with Gasteiger partial charge in [-0.2, -0.15) is 0 Å². The molecule has 4 nitrogen and oxygen atoms in total. The summed E-state index contributed by atoms with van der Waals surface area (Å²) in [7, 11) is 0. The van der Waals surface area contributed by atoms with Crippen molar-refractivity contribution >= 4 is 18.3 Å². The molecule has 0 bridgehead atoms. The second-order valence-electron chi connectivity index (χ2n) is 5.12. The van der Waals surface area contributed by atoms with Gasteiger partial charge in [0, 0.05) is 19.1 Å². The number of carbonyl (C=O) groups is 1. The highest BCUT2D eigenvalue weighted by atomic mass is 35.5. The molecule has 2 fully saturated rings.